The van der Waals surface area contributed by atoms with E-state index in [1.165, 1.54) is 0 Å². The number of hydrogen-bond donors (Lipinski definition) is 2. The maximum absolute atomic E-state index is 5.72. The topological polar surface area (TPSA) is 47.3 Å². The summed E-state index contributed by atoms with van der Waals surface area (Å²) < 4.78 is 5.72. The minimum Gasteiger partial charge on any atom is -0.376 e. The molecule has 3 N–H and O–H groups in total. The number of rotatable bonds is 5. The van der Waals surface area contributed by atoms with Gasteiger partial charge in [-0.3, -0.25) is 11.3 Å². The third-order valence-electron chi connectivity index (χ3n) is 2.21. The average Bonchev–Trinajstić information content (AvgIpc) is 2.02. The van der Waals surface area contributed by atoms with Crippen LogP contribution in [0.25, 0.3) is 0 Å². The molecule has 3 nitrogen and oxygen atoms in total. The summed E-state index contributed by atoms with van der Waals surface area (Å²) in [5.74, 6) is 5.51. The van der Waals surface area contributed by atoms with Crippen molar-refractivity contribution in [2.24, 2.45) is 11.3 Å². The fourth-order valence-electron chi connectivity index (χ4n) is 1.51. The van der Waals surface area contributed by atoms with Crippen LogP contribution in [0.1, 0.15) is 34.6 Å². The zero-order valence-corrected chi connectivity index (χ0v) is 10.1. The van der Waals surface area contributed by atoms with Crippen LogP contribution in [0.3, 0.4) is 0 Å². The van der Waals surface area contributed by atoms with Crippen LogP contribution in [0.15, 0.2) is 12.2 Å². The molecule has 84 valence electrons. The second kappa shape index (κ2) is 5.49. The standard InChI is InChI=1S/C11H24N2O/c1-7-14-10(11(4,5)6)9(13-12)8(2)3/h9-10,13H,2,7,12H2,1,3-6H3. The Balaban J connectivity index is 4.69. The molecule has 0 saturated carbocycles. The van der Waals surface area contributed by atoms with Crippen molar-refractivity contribution in [3.05, 3.63) is 12.2 Å². The zero-order valence-electron chi connectivity index (χ0n) is 10.1. The van der Waals surface area contributed by atoms with E-state index in [1.54, 1.807) is 0 Å². The average molecular weight is 200 g/mol. The predicted molar refractivity (Wildman–Crippen MR) is 60.8 cm³/mol. The molecular formula is C11H24N2O. The summed E-state index contributed by atoms with van der Waals surface area (Å²) in [6.07, 6.45) is 0.0509. The van der Waals surface area contributed by atoms with Crippen LogP contribution in [0.4, 0.5) is 0 Å². The fraction of sp³-hybridized carbons (Fsp3) is 0.818. The van der Waals surface area contributed by atoms with E-state index in [0.29, 0.717) is 6.61 Å². The Kier molecular flexibility index (Phi) is 5.34. The Morgan fingerprint density at radius 2 is 2.00 bits per heavy atom. The van der Waals surface area contributed by atoms with Gasteiger partial charge in [-0.1, -0.05) is 32.9 Å². The van der Waals surface area contributed by atoms with Gasteiger partial charge in [-0.15, -0.1) is 0 Å². The second-order valence-corrected chi connectivity index (χ2v) is 4.73. The fourth-order valence-corrected chi connectivity index (χ4v) is 1.51. The highest BCUT2D eigenvalue weighted by molar-refractivity contribution is 5.07. The van der Waals surface area contributed by atoms with Gasteiger partial charge in [0.1, 0.15) is 0 Å². The van der Waals surface area contributed by atoms with Gasteiger partial charge in [0.25, 0.3) is 0 Å². The summed E-state index contributed by atoms with van der Waals surface area (Å²) in [5, 5.41) is 0. The lowest BCUT2D eigenvalue weighted by atomic mass is 9.82. The van der Waals surface area contributed by atoms with Crippen LogP contribution in [0.5, 0.6) is 0 Å². The van der Waals surface area contributed by atoms with Crippen LogP contribution in [-0.4, -0.2) is 18.8 Å². The van der Waals surface area contributed by atoms with Gasteiger partial charge in [-0.25, -0.2) is 0 Å². The van der Waals surface area contributed by atoms with E-state index in [2.05, 4.69) is 32.8 Å². The summed E-state index contributed by atoms with van der Waals surface area (Å²) in [4.78, 5) is 0. The van der Waals surface area contributed by atoms with E-state index >= 15 is 0 Å². The lowest BCUT2D eigenvalue weighted by molar-refractivity contribution is -0.0278. The molecule has 0 aliphatic rings. The van der Waals surface area contributed by atoms with Gasteiger partial charge >= 0.3 is 0 Å². The zero-order chi connectivity index (χ0) is 11.4. The number of hydrazine groups is 1. The Labute approximate surface area is 87.7 Å². The molecule has 0 radical (unpaired) electrons. The number of hydrogen-bond acceptors (Lipinski definition) is 3. The first kappa shape index (κ1) is 13.6. The summed E-state index contributed by atoms with van der Waals surface area (Å²) in [5.41, 5.74) is 3.82. The maximum atomic E-state index is 5.72. The third-order valence-corrected chi connectivity index (χ3v) is 2.21. The van der Waals surface area contributed by atoms with Crippen molar-refractivity contribution in [2.75, 3.05) is 6.61 Å². The van der Waals surface area contributed by atoms with E-state index in [4.69, 9.17) is 10.6 Å². The van der Waals surface area contributed by atoms with Gasteiger partial charge in [-0.2, -0.15) is 0 Å². The second-order valence-electron chi connectivity index (χ2n) is 4.73. The monoisotopic (exact) mass is 200 g/mol. The minimum atomic E-state index is 0.00921. The highest BCUT2D eigenvalue weighted by Crippen LogP contribution is 2.27. The Bertz CT molecular complexity index is 184. The molecule has 0 spiro atoms. The van der Waals surface area contributed by atoms with E-state index in [-0.39, 0.29) is 17.6 Å². The van der Waals surface area contributed by atoms with Crippen molar-refractivity contribution < 1.29 is 4.74 Å². The first-order valence-corrected chi connectivity index (χ1v) is 5.07. The van der Waals surface area contributed by atoms with Gasteiger partial charge < -0.3 is 4.74 Å². The van der Waals surface area contributed by atoms with Gasteiger partial charge in [0.15, 0.2) is 0 Å². The molecule has 0 aliphatic carbocycles. The molecule has 0 rings (SSSR count). The van der Waals surface area contributed by atoms with Crippen molar-refractivity contribution in [1.82, 2.24) is 5.43 Å². The summed E-state index contributed by atoms with van der Waals surface area (Å²) >= 11 is 0. The van der Waals surface area contributed by atoms with Gasteiger partial charge in [0.05, 0.1) is 12.1 Å². The SMILES string of the molecule is C=C(C)C(NN)C(OCC)C(C)(C)C. The van der Waals surface area contributed by atoms with Crippen LogP contribution in [-0.2, 0) is 4.74 Å². The molecule has 0 aromatic rings. The molecule has 0 amide bonds. The molecule has 0 fully saturated rings. The van der Waals surface area contributed by atoms with Crippen molar-refractivity contribution in [2.45, 2.75) is 46.8 Å². The first-order chi connectivity index (χ1) is 6.34. The van der Waals surface area contributed by atoms with Crippen LogP contribution in [0, 0.1) is 5.41 Å². The Morgan fingerprint density at radius 1 is 1.50 bits per heavy atom. The quantitative estimate of drug-likeness (QED) is 0.404. The molecule has 0 heterocycles. The summed E-state index contributed by atoms with van der Waals surface area (Å²) in [6.45, 7) is 15.0. The molecule has 0 aromatic heterocycles. The van der Waals surface area contributed by atoms with Crippen LogP contribution in [0.2, 0.25) is 0 Å². The molecule has 3 heteroatoms. The third kappa shape index (κ3) is 3.78. The molecule has 0 bridgehead atoms. The number of ether oxygens (including phenoxy) is 1. The summed E-state index contributed by atoms with van der Waals surface area (Å²) in [6, 6.07) is 0.00921. The molecule has 0 saturated heterocycles. The number of nitrogens with two attached hydrogens (primary N) is 1. The summed E-state index contributed by atoms with van der Waals surface area (Å²) in [7, 11) is 0. The molecule has 14 heavy (non-hydrogen) atoms. The van der Waals surface area contributed by atoms with E-state index in [9.17, 15) is 0 Å². The van der Waals surface area contributed by atoms with E-state index in [0.717, 1.165) is 5.57 Å². The highest BCUT2D eigenvalue weighted by atomic mass is 16.5. The first-order valence-electron chi connectivity index (χ1n) is 5.07. The molecule has 2 unspecified atom stereocenters. The Hall–Kier alpha value is -0.380. The van der Waals surface area contributed by atoms with Crippen molar-refractivity contribution in [1.29, 1.82) is 0 Å². The van der Waals surface area contributed by atoms with Gasteiger partial charge in [-0.05, 0) is 19.3 Å². The number of nitrogens with one attached hydrogen (secondary N) is 1. The smallest absolute Gasteiger partial charge is 0.0827 e. The van der Waals surface area contributed by atoms with E-state index < -0.39 is 0 Å². The van der Waals surface area contributed by atoms with E-state index in [1.807, 2.05) is 13.8 Å². The largest absolute Gasteiger partial charge is 0.376 e. The molecule has 2 atom stereocenters. The lowest BCUT2D eigenvalue weighted by Crippen LogP contribution is -2.51. The van der Waals surface area contributed by atoms with Crippen LogP contribution < -0.4 is 11.3 Å². The molecule has 0 aromatic carbocycles. The van der Waals surface area contributed by atoms with Gasteiger partial charge in [0, 0.05) is 6.61 Å². The van der Waals surface area contributed by atoms with Gasteiger partial charge in [0.2, 0.25) is 0 Å². The minimum absolute atomic E-state index is 0.00921. The highest BCUT2D eigenvalue weighted by Gasteiger charge is 2.32. The van der Waals surface area contributed by atoms with Crippen molar-refractivity contribution >= 4 is 0 Å². The Morgan fingerprint density at radius 3 is 2.21 bits per heavy atom. The maximum Gasteiger partial charge on any atom is 0.0827 e. The normalized spacial score (nSPS) is 16.4. The van der Waals surface area contributed by atoms with Crippen LogP contribution >= 0.6 is 0 Å². The lowest BCUT2D eigenvalue weighted by Gasteiger charge is -2.36. The molecule has 0 aliphatic heterocycles. The van der Waals surface area contributed by atoms with Crippen molar-refractivity contribution in [3.8, 4) is 0 Å². The van der Waals surface area contributed by atoms with Crippen molar-refractivity contribution in [3.63, 3.8) is 0 Å². The predicted octanol–water partition coefficient (Wildman–Crippen LogP) is 1.85. The molecular weight excluding hydrogens is 176 g/mol.